The van der Waals surface area contributed by atoms with Crippen LogP contribution in [0.3, 0.4) is 0 Å². The van der Waals surface area contributed by atoms with Gasteiger partial charge in [-0.05, 0) is 47.7 Å². The van der Waals surface area contributed by atoms with Gasteiger partial charge in [0.25, 0.3) is 0 Å². The van der Waals surface area contributed by atoms with E-state index in [1.807, 2.05) is 38.8 Å². The number of carboxylic acids is 2. The van der Waals surface area contributed by atoms with Crippen LogP contribution in [0.5, 0.6) is 0 Å². The standard InChI is InChI=1S/C26H32ClN3O5/c1-26(2,3)12-22(31)21-8-5-15(13-29-21)30(4)24-17-9-10-28-14-19(16(17)6-7-20(24)27)18(25(34)35)11-23(32)33/h5-8,13,18-19,28H,9-12,14H2,1-4H3,(H,32,33)(H,34,35). The molecule has 0 aliphatic carbocycles. The molecule has 8 nitrogen and oxygen atoms in total. The van der Waals surface area contributed by atoms with Gasteiger partial charge in [0.05, 0.1) is 34.9 Å². The molecule has 1 aromatic heterocycles. The number of nitrogens with zero attached hydrogens (tertiary/aromatic N) is 2. The number of carbonyl (C=O) groups is 3. The van der Waals surface area contributed by atoms with Crippen LogP contribution in [0, 0.1) is 11.3 Å². The van der Waals surface area contributed by atoms with Gasteiger partial charge in [-0.1, -0.05) is 38.4 Å². The second-order valence-electron chi connectivity index (χ2n) is 10.2. The van der Waals surface area contributed by atoms with E-state index in [1.165, 1.54) is 0 Å². The zero-order valence-corrected chi connectivity index (χ0v) is 21.2. The van der Waals surface area contributed by atoms with Gasteiger partial charge in [-0.2, -0.15) is 0 Å². The van der Waals surface area contributed by atoms with Crippen LogP contribution in [0.1, 0.15) is 61.1 Å². The Hall–Kier alpha value is -2.97. The van der Waals surface area contributed by atoms with Gasteiger partial charge in [-0.25, -0.2) is 0 Å². The monoisotopic (exact) mass is 501 g/mol. The number of ketones is 1. The molecule has 1 aromatic carbocycles. The van der Waals surface area contributed by atoms with E-state index in [1.54, 1.807) is 24.4 Å². The summed E-state index contributed by atoms with van der Waals surface area (Å²) >= 11 is 6.64. The van der Waals surface area contributed by atoms with E-state index in [9.17, 15) is 24.6 Å². The maximum absolute atomic E-state index is 12.5. The number of fused-ring (bicyclic) bond motifs is 1. The minimum atomic E-state index is -1.15. The van der Waals surface area contributed by atoms with Crippen molar-refractivity contribution in [1.29, 1.82) is 0 Å². The summed E-state index contributed by atoms with van der Waals surface area (Å²) < 4.78 is 0. The maximum Gasteiger partial charge on any atom is 0.307 e. The van der Waals surface area contributed by atoms with Crippen LogP contribution in [0.25, 0.3) is 0 Å². The Kier molecular flexibility index (Phi) is 8.18. The molecule has 9 heteroatoms. The molecule has 2 aromatic rings. The number of anilines is 2. The molecule has 0 saturated heterocycles. The van der Waals surface area contributed by atoms with Crippen molar-refractivity contribution >= 4 is 40.7 Å². The van der Waals surface area contributed by atoms with Crippen molar-refractivity contribution in [2.45, 2.75) is 46.0 Å². The summed E-state index contributed by atoms with van der Waals surface area (Å²) in [6.07, 6.45) is 2.15. The van der Waals surface area contributed by atoms with Crippen molar-refractivity contribution in [3.8, 4) is 0 Å². The Morgan fingerprint density at radius 1 is 1.20 bits per heavy atom. The predicted molar refractivity (Wildman–Crippen MR) is 135 cm³/mol. The third-order valence-electron chi connectivity index (χ3n) is 6.23. The second kappa shape index (κ2) is 10.7. The van der Waals surface area contributed by atoms with Crippen molar-refractivity contribution in [3.05, 3.63) is 52.3 Å². The van der Waals surface area contributed by atoms with Crippen LogP contribution in [0.15, 0.2) is 30.5 Å². The summed E-state index contributed by atoms with van der Waals surface area (Å²) in [5.41, 5.74) is 3.36. The summed E-state index contributed by atoms with van der Waals surface area (Å²) in [4.78, 5) is 42.1. The first-order valence-electron chi connectivity index (χ1n) is 11.6. The van der Waals surface area contributed by atoms with Crippen molar-refractivity contribution in [1.82, 2.24) is 10.3 Å². The highest BCUT2D eigenvalue weighted by molar-refractivity contribution is 6.33. The Labute approximate surface area is 210 Å². The second-order valence-corrected chi connectivity index (χ2v) is 10.6. The third kappa shape index (κ3) is 6.38. The lowest BCUT2D eigenvalue weighted by atomic mass is 9.81. The zero-order chi connectivity index (χ0) is 25.9. The molecule has 35 heavy (non-hydrogen) atoms. The Morgan fingerprint density at radius 3 is 2.49 bits per heavy atom. The van der Waals surface area contributed by atoms with Gasteiger partial charge >= 0.3 is 11.9 Å². The van der Waals surface area contributed by atoms with Crippen molar-refractivity contribution in [2.75, 3.05) is 25.0 Å². The average molecular weight is 502 g/mol. The van der Waals surface area contributed by atoms with Crippen molar-refractivity contribution < 1.29 is 24.6 Å². The molecule has 1 aliphatic heterocycles. The number of hydrogen-bond acceptors (Lipinski definition) is 6. The molecule has 0 saturated carbocycles. The number of halogens is 1. The third-order valence-corrected chi connectivity index (χ3v) is 6.53. The SMILES string of the molecule is CN(c1ccc(C(=O)CC(C)(C)C)nc1)c1c(Cl)ccc2c1CCNCC2C(CC(=O)O)C(=O)O. The Morgan fingerprint density at radius 2 is 1.91 bits per heavy atom. The molecule has 0 bridgehead atoms. The van der Waals surface area contributed by atoms with Crippen LogP contribution in [-0.2, 0) is 16.0 Å². The normalized spacial score (nSPS) is 16.7. The van der Waals surface area contributed by atoms with Crippen LogP contribution < -0.4 is 10.2 Å². The number of nitrogens with one attached hydrogen (secondary N) is 1. The quantitative estimate of drug-likeness (QED) is 0.451. The summed E-state index contributed by atoms with van der Waals surface area (Å²) in [7, 11) is 1.84. The fourth-order valence-corrected chi connectivity index (χ4v) is 4.88. The van der Waals surface area contributed by atoms with Gasteiger partial charge in [0, 0.05) is 25.9 Å². The number of hydrogen-bond donors (Lipinski definition) is 3. The first kappa shape index (κ1) is 26.6. The van der Waals surface area contributed by atoms with Crippen LogP contribution in [-0.4, -0.2) is 53.1 Å². The van der Waals surface area contributed by atoms with Gasteiger partial charge in [0.15, 0.2) is 5.78 Å². The molecule has 2 unspecified atom stereocenters. The van der Waals surface area contributed by atoms with Gasteiger partial charge in [0.2, 0.25) is 0 Å². The molecule has 0 spiro atoms. The number of carbonyl (C=O) groups excluding carboxylic acids is 1. The van der Waals surface area contributed by atoms with Crippen LogP contribution in [0.2, 0.25) is 5.02 Å². The van der Waals surface area contributed by atoms with Crippen molar-refractivity contribution in [3.63, 3.8) is 0 Å². The molecule has 3 N–H and O–H groups in total. The van der Waals surface area contributed by atoms with E-state index in [4.69, 9.17) is 11.6 Å². The minimum Gasteiger partial charge on any atom is -0.481 e. The molecular formula is C26H32ClN3O5. The van der Waals surface area contributed by atoms with Crippen LogP contribution in [0.4, 0.5) is 11.4 Å². The topological polar surface area (TPSA) is 120 Å². The van der Waals surface area contributed by atoms with E-state index >= 15 is 0 Å². The van der Waals surface area contributed by atoms with Gasteiger partial charge in [0.1, 0.15) is 5.69 Å². The first-order valence-corrected chi connectivity index (χ1v) is 12.0. The lowest BCUT2D eigenvalue weighted by Crippen LogP contribution is -2.31. The lowest BCUT2D eigenvalue weighted by Gasteiger charge is -2.28. The highest BCUT2D eigenvalue weighted by Crippen LogP contribution is 2.41. The van der Waals surface area contributed by atoms with E-state index < -0.39 is 30.2 Å². The van der Waals surface area contributed by atoms with E-state index in [-0.39, 0.29) is 11.2 Å². The molecule has 1 aliphatic rings. The fraction of sp³-hybridized carbons (Fsp3) is 0.462. The highest BCUT2D eigenvalue weighted by atomic mass is 35.5. The van der Waals surface area contributed by atoms with Gasteiger partial charge < -0.3 is 20.4 Å². The predicted octanol–water partition coefficient (Wildman–Crippen LogP) is 4.53. The summed E-state index contributed by atoms with van der Waals surface area (Å²) in [6.45, 7) is 6.97. The molecule has 0 radical (unpaired) electrons. The van der Waals surface area contributed by atoms with E-state index in [0.717, 1.165) is 16.8 Å². The first-order chi connectivity index (χ1) is 16.4. The highest BCUT2D eigenvalue weighted by Gasteiger charge is 2.35. The molecule has 0 amide bonds. The van der Waals surface area contributed by atoms with E-state index in [2.05, 4.69) is 10.3 Å². The van der Waals surface area contributed by atoms with Crippen LogP contribution >= 0.6 is 11.6 Å². The largest absolute Gasteiger partial charge is 0.481 e. The number of Topliss-reactive ketones (excluding diaryl/α,β-unsaturated/α-hetero) is 1. The van der Waals surface area contributed by atoms with Gasteiger partial charge in [-0.3, -0.25) is 19.4 Å². The maximum atomic E-state index is 12.5. The minimum absolute atomic E-state index is 0.0228. The summed E-state index contributed by atoms with van der Waals surface area (Å²) in [5, 5.41) is 22.8. The molecule has 3 rings (SSSR count). The molecule has 188 valence electrons. The lowest BCUT2D eigenvalue weighted by molar-refractivity contribution is -0.149. The fourth-order valence-electron chi connectivity index (χ4n) is 4.58. The number of benzene rings is 1. The Bertz CT molecular complexity index is 1110. The number of aliphatic carboxylic acids is 2. The molecular weight excluding hydrogens is 470 g/mol. The number of pyridine rings is 1. The number of rotatable bonds is 8. The van der Waals surface area contributed by atoms with E-state index in [0.29, 0.717) is 42.3 Å². The average Bonchev–Trinajstić information content (AvgIpc) is 2.98. The smallest absolute Gasteiger partial charge is 0.307 e. The van der Waals surface area contributed by atoms with Crippen molar-refractivity contribution in [2.24, 2.45) is 11.3 Å². The molecule has 2 atom stereocenters. The summed E-state index contributed by atoms with van der Waals surface area (Å²) in [5.74, 6) is -3.92. The molecule has 2 heterocycles. The number of aromatic nitrogens is 1. The van der Waals surface area contributed by atoms with Gasteiger partial charge in [-0.15, -0.1) is 0 Å². The zero-order valence-electron chi connectivity index (χ0n) is 20.5. The number of carboxylic acid groups (broad SMARTS) is 2. The molecule has 0 fully saturated rings. The summed E-state index contributed by atoms with van der Waals surface area (Å²) in [6, 6.07) is 7.04. The Balaban J connectivity index is 1.99.